The van der Waals surface area contributed by atoms with E-state index in [0.717, 1.165) is 0 Å². The molecule has 2 unspecified atom stereocenters. The van der Waals surface area contributed by atoms with Gasteiger partial charge in [0, 0.05) is 23.1 Å². The number of halogens is 1. The van der Waals surface area contributed by atoms with Crippen LogP contribution in [0.15, 0.2) is 28.4 Å². The number of aliphatic imine (C=N–C) groups is 1. The van der Waals surface area contributed by atoms with Gasteiger partial charge in [-0.05, 0) is 19.4 Å². The average Bonchev–Trinajstić information content (AvgIpc) is 2.50. The molecule has 3 atom stereocenters. The lowest BCUT2D eigenvalue weighted by Crippen LogP contribution is -2.47. The van der Waals surface area contributed by atoms with E-state index in [1.165, 1.54) is 0 Å². The van der Waals surface area contributed by atoms with Crippen molar-refractivity contribution in [3.8, 4) is 0 Å². The quantitative estimate of drug-likeness (QED) is 0.811. The minimum Gasteiger partial charge on any atom is -0.348 e. The first-order chi connectivity index (χ1) is 9.71. The number of nitrogens with one attached hydrogen (secondary N) is 1. The molecule has 0 saturated carbocycles. The van der Waals surface area contributed by atoms with Crippen LogP contribution in [-0.4, -0.2) is 30.0 Å². The van der Waals surface area contributed by atoms with Crippen molar-refractivity contribution in [3.05, 3.63) is 23.4 Å². The highest BCUT2D eigenvalue weighted by Gasteiger charge is 2.36. The second-order valence-corrected chi connectivity index (χ2v) is 6.61. The molecule has 1 amide bonds. The summed E-state index contributed by atoms with van der Waals surface area (Å²) >= 11 is 0. The molecule has 1 aliphatic carbocycles. The highest BCUT2D eigenvalue weighted by atomic mass is 35.5. The third-order valence-electron chi connectivity index (χ3n) is 3.86. The molecule has 0 aromatic heterocycles. The Labute approximate surface area is 137 Å². The summed E-state index contributed by atoms with van der Waals surface area (Å²) in [7, 11) is 0. The summed E-state index contributed by atoms with van der Waals surface area (Å²) < 4.78 is 0. The van der Waals surface area contributed by atoms with Gasteiger partial charge in [-0.1, -0.05) is 26.8 Å². The monoisotopic (exact) mass is 325 g/mol. The number of carbonyl (C=O) groups is 2. The minimum atomic E-state index is -0.604. The van der Waals surface area contributed by atoms with Gasteiger partial charge >= 0.3 is 0 Å². The number of nitrogens with zero attached hydrogens (tertiary/aromatic N) is 1. The number of allylic oxidation sites excluding steroid dienone is 2. The first-order valence-corrected chi connectivity index (χ1v) is 7.29. The Bertz CT molecular complexity index is 562. The number of carbonyl (C=O) groups excluding carboxylic acids is 2. The van der Waals surface area contributed by atoms with E-state index in [1.807, 2.05) is 39.1 Å². The smallest absolute Gasteiger partial charge is 0.237 e. The van der Waals surface area contributed by atoms with Crippen molar-refractivity contribution in [3.63, 3.8) is 0 Å². The Hall–Kier alpha value is -1.46. The topological polar surface area (TPSA) is 84.5 Å². The number of Topliss-reactive ketones (excluding diaryl/α,β-unsaturated/α-hetero) is 1. The zero-order chi connectivity index (χ0) is 15.8. The van der Waals surface area contributed by atoms with Crippen LogP contribution in [0.2, 0.25) is 0 Å². The second-order valence-electron chi connectivity index (χ2n) is 6.61. The lowest BCUT2D eigenvalue weighted by molar-refractivity contribution is -0.122. The lowest BCUT2D eigenvalue weighted by atomic mass is 9.81. The number of hydrogen-bond donors (Lipinski definition) is 2. The summed E-state index contributed by atoms with van der Waals surface area (Å²) in [6.45, 7) is 7.57. The Morgan fingerprint density at radius 1 is 1.50 bits per heavy atom. The maximum Gasteiger partial charge on any atom is 0.237 e. The first-order valence-electron chi connectivity index (χ1n) is 7.29. The molecule has 2 rings (SSSR count). The molecule has 122 valence electrons. The van der Waals surface area contributed by atoms with Gasteiger partial charge in [-0.3, -0.25) is 14.6 Å². The van der Waals surface area contributed by atoms with Crippen molar-refractivity contribution in [2.45, 2.75) is 46.2 Å². The summed E-state index contributed by atoms with van der Waals surface area (Å²) in [5.74, 6) is -0.410. The predicted octanol–water partition coefficient (Wildman–Crippen LogP) is 1.77. The van der Waals surface area contributed by atoms with E-state index in [9.17, 15) is 9.59 Å². The van der Waals surface area contributed by atoms with Crippen LogP contribution >= 0.6 is 12.4 Å². The molecular formula is C16H24ClN3O2. The summed E-state index contributed by atoms with van der Waals surface area (Å²) in [6, 6.07) is -0.955. The molecule has 0 radical (unpaired) electrons. The zero-order valence-electron chi connectivity index (χ0n) is 13.4. The van der Waals surface area contributed by atoms with E-state index in [4.69, 9.17) is 5.73 Å². The van der Waals surface area contributed by atoms with Gasteiger partial charge in [0.25, 0.3) is 0 Å². The van der Waals surface area contributed by atoms with Crippen LogP contribution in [0.5, 0.6) is 0 Å². The van der Waals surface area contributed by atoms with Crippen LogP contribution in [0, 0.1) is 11.3 Å². The predicted molar refractivity (Wildman–Crippen MR) is 90.1 cm³/mol. The molecule has 0 aromatic rings. The van der Waals surface area contributed by atoms with Gasteiger partial charge in [0.1, 0.15) is 0 Å². The normalized spacial score (nSPS) is 27.6. The number of rotatable bonds is 2. The number of hydrogen-bond acceptors (Lipinski definition) is 4. The zero-order valence-corrected chi connectivity index (χ0v) is 14.2. The van der Waals surface area contributed by atoms with Gasteiger partial charge < -0.3 is 11.1 Å². The molecule has 1 aliphatic heterocycles. The molecule has 22 heavy (non-hydrogen) atoms. The van der Waals surface area contributed by atoms with Crippen molar-refractivity contribution in [2.24, 2.45) is 22.1 Å². The fourth-order valence-electron chi connectivity index (χ4n) is 2.60. The molecule has 2 aliphatic rings. The maximum absolute atomic E-state index is 12.5. The second kappa shape index (κ2) is 6.75. The molecule has 0 spiro atoms. The summed E-state index contributed by atoms with van der Waals surface area (Å²) in [5.41, 5.74) is 6.68. The van der Waals surface area contributed by atoms with E-state index in [0.29, 0.717) is 17.7 Å². The van der Waals surface area contributed by atoms with Crippen molar-refractivity contribution in [2.75, 3.05) is 0 Å². The molecule has 6 heteroatoms. The summed E-state index contributed by atoms with van der Waals surface area (Å²) in [4.78, 5) is 28.9. The van der Waals surface area contributed by atoms with Gasteiger partial charge in [0.15, 0.2) is 5.78 Å². The number of ketones is 1. The number of nitrogens with two attached hydrogens (primary N) is 1. The Balaban J connectivity index is 0.00000242. The first kappa shape index (κ1) is 18.6. The van der Waals surface area contributed by atoms with Crippen LogP contribution in [0.3, 0.4) is 0 Å². The lowest BCUT2D eigenvalue weighted by Gasteiger charge is -2.29. The average molecular weight is 326 g/mol. The van der Waals surface area contributed by atoms with Gasteiger partial charge in [-0.25, -0.2) is 0 Å². The molecule has 1 heterocycles. The van der Waals surface area contributed by atoms with E-state index < -0.39 is 6.04 Å². The standard InChI is InChI=1S/C16H23N3O2.ClH/c1-9-5-6-11-13(14(9)20)12(19-15(21)10(2)17)7-16(3,4)8-18-11;/h5-6,8-10,12H,7,17H2,1-4H3,(H,19,21);1H/t9?,10-,12?;/m0./s1. The fourth-order valence-corrected chi connectivity index (χ4v) is 2.60. The molecule has 5 nitrogen and oxygen atoms in total. The molecule has 0 fully saturated rings. The van der Waals surface area contributed by atoms with E-state index in [1.54, 1.807) is 6.92 Å². The summed E-state index contributed by atoms with van der Waals surface area (Å²) in [6.07, 6.45) is 6.19. The van der Waals surface area contributed by atoms with Crippen LogP contribution in [0.1, 0.15) is 34.1 Å². The van der Waals surface area contributed by atoms with Crippen molar-refractivity contribution >= 4 is 30.3 Å². The molecular weight excluding hydrogens is 302 g/mol. The maximum atomic E-state index is 12.5. The van der Waals surface area contributed by atoms with E-state index in [-0.39, 0.29) is 41.5 Å². The summed E-state index contributed by atoms with van der Waals surface area (Å²) in [5, 5.41) is 2.91. The van der Waals surface area contributed by atoms with Crippen LogP contribution in [-0.2, 0) is 9.59 Å². The molecule has 3 N–H and O–H groups in total. The third-order valence-corrected chi connectivity index (χ3v) is 3.86. The van der Waals surface area contributed by atoms with Crippen LogP contribution in [0.25, 0.3) is 0 Å². The van der Waals surface area contributed by atoms with Crippen molar-refractivity contribution in [1.29, 1.82) is 0 Å². The molecule has 0 saturated heterocycles. The fraction of sp³-hybridized carbons (Fsp3) is 0.562. The molecule has 0 bridgehead atoms. The highest BCUT2D eigenvalue weighted by Crippen LogP contribution is 2.33. The van der Waals surface area contributed by atoms with Gasteiger partial charge in [-0.15, -0.1) is 12.4 Å². The number of amides is 1. The molecule has 0 aromatic carbocycles. The van der Waals surface area contributed by atoms with Crippen molar-refractivity contribution < 1.29 is 9.59 Å². The minimum absolute atomic E-state index is 0. The Morgan fingerprint density at radius 2 is 2.14 bits per heavy atom. The largest absolute Gasteiger partial charge is 0.348 e. The van der Waals surface area contributed by atoms with Gasteiger partial charge in [0.05, 0.1) is 17.8 Å². The van der Waals surface area contributed by atoms with Crippen LogP contribution < -0.4 is 11.1 Å². The van der Waals surface area contributed by atoms with Crippen molar-refractivity contribution in [1.82, 2.24) is 5.32 Å². The van der Waals surface area contributed by atoms with E-state index in [2.05, 4.69) is 10.3 Å². The van der Waals surface area contributed by atoms with Crippen LogP contribution in [0.4, 0.5) is 0 Å². The van der Waals surface area contributed by atoms with Gasteiger partial charge in [0.2, 0.25) is 5.91 Å². The van der Waals surface area contributed by atoms with E-state index >= 15 is 0 Å². The SMILES string of the molecule is CC1C=CC2=C(C1=O)C(NC(=O)[C@H](C)N)CC(C)(C)C=N2.Cl. The third kappa shape index (κ3) is 3.84. The Kier molecular flexibility index (Phi) is 5.70. The van der Waals surface area contributed by atoms with Gasteiger partial charge in [-0.2, -0.15) is 0 Å². The highest BCUT2D eigenvalue weighted by molar-refractivity contribution is 6.02. The Morgan fingerprint density at radius 3 is 2.73 bits per heavy atom.